The highest BCUT2D eigenvalue weighted by Gasteiger charge is 2.44. The van der Waals surface area contributed by atoms with Gasteiger partial charge >= 0.3 is 0 Å². The molecule has 1 fully saturated rings. The van der Waals surface area contributed by atoms with Crippen molar-refractivity contribution in [1.82, 2.24) is 9.91 Å². The Labute approximate surface area is 184 Å². The van der Waals surface area contributed by atoms with Gasteiger partial charge in [0, 0.05) is 29.1 Å². The fourth-order valence-corrected chi connectivity index (χ4v) is 4.47. The Balaban J connectivity index is 1.89. The highest BCUT2D eigenvalue weighted by atomic mass is 35.5. The van der Waals surface area contributed by atoms with Gasteiger partial charge in [-0.2, -0.15) is 5.10 Å². The normalized spacial score (nSPS) is 21.4. The zero-order chi connectivity index (χ0) is 21.4. The summed E-state index contributed by atoms with van der Waals surface area (Å²) in [6.45, 7) is 2.71. The fraction of sp³-hybridized carbons (Fsp3) is 0.273. The second-order valence-corrected chi connectivity index (χ2v) is 8.16. The van der Waals surface area contributed by atoms with Gasteiger partial charge in [0.05, 0.1) is 12.3 Å². The third kappa shape index (κ3) is 3.67. The molecule has 0 aromatic heterocycles. The summed E-state index contributed by atoms with van der Waals surface area (Å²) in [5.74, 6) is -1.01. The number of carbonyl (C=O) groups is 1. The first-order chi connectivity index (χ1) is 14.4. The van der Waals surface area contributed by atoms with Crippen molar-refractivity contribution in [2.75, 3.05) is 13.1 Å². The molecule has 2 aromatic carbocycles. The van der Waals surface area contributed by atoms with E-state index >= 15 is 0 Å². The molecule has 1 saturated heterocycles. The Morgan fingerprint density at radius 1 is 1.13 bits per heavy atom. The molecule has 8 heteroatoms. The Morgan fingerprint density at radius 3 is 2.27 bits per heavy atom. The van der Waals surface area contributed by atoms with Crippen LogP contribution in [0.25, 0.3) is 0 Å². The third-order valence-corrected chi connectivity index (χ3v) is 5.95. The van der Waals surface area contributed by atoms with Crippen molar-refractivity contribution in [1.29, 1.82) is 0 Å². The van der Waals surface area contributed by atoms with Crippen LogP contribution < -0.4 is 0 Å². The van der Waals surface area contributed by atoms with Crippen molar-refractivity contribution in [3.05, 3.63) is 81.2 Å². The van der Waals surface area contributed by atoms with Gasteiger partial charge in [-0.3, -0.25) is 9.80 Å². The van der Waals surface area contributed by atoms with Crippen LogP contribution in [0.15, 0.2) is 65.1 Å². The lowest BCUT2D eigenvalue weighted by Gasteiger charge is -2.45. The van der Waals surface area contributed by atoms with E-state index in [-0.39, 0.29) is 23.6 Å². The molecule has 30 heavy (non-hydrogen) atoms. The van der Waals surface area contributed by atoms with E-state index in [0.717, 1.165) is 11.1 Å². The predicted octanol–water partition coefficient (Wildman–Crippen LogP) is 3.79. The number of rotatable bonds is 4. The van der Waals surface area contributed by atoms with Gasteiger partial charge in [-0.15, -0.1) is 0 Å². The molecule has 1 amide bonds. The topological polar surface area (TPSA) is 76.4 Å². The Bertz CT molecular complexity index is 994. The molecular formula is C22H21Cl2N3O3. The number of hydrogen-bond acceptors (Lipinski definition) is 5. The van der Waals surface area contributed by atoms with Gasteiger partial charge in [-0.05, 0) is 42.3 Å². The van der Waals surface area contributed by atoms with Gasteiger partial charge in [0.1, 0.15) is 6.10 Å². The number of nitrogens with zero attached hydrogens (tertiary/aromatic N) is 3. The number of hydrogen-bond donors (Lipinski definition) is 2. The van der Waals surface area contributed by atoms with E-state index in [4.69, 9.17) is 23.2 Å². The number of aliphatic hydroxyl groups excluding tert-OH is 2. The van der Waals surface area contributed by atoms with Gasteiger partial charge in [0.15, 0.2) is 11.5 Å². The fourth-order valence-electron chi connectivity index (χ4n) is 4.07. The third-order valence-electron chi connectivity index (χ3n) is 5.48. The van der Waals surface area contributed by atoms with E-state index in [1.807, 2.05) is 43.3 Å². The summed E-state index contributed by atoms with van der Waals surface area (Å²) in [5.41, 5.74) is 1.86. The lowest BCUT2D eigenvalue weighted by molar-refractivity contribution is -0.134. The van der Waals surface area contributed by atoms with E-state index in [0.29, 0.717) is 23.1 Å². The summed E-state index contributed by atoms with van der Waals surface area (Å²) in [5, 5.41) is 27.6. The Kier molecular flexibility index (Phi) is 5.73. The molecule has 6 nitrogen and oxygen atoms in total. The Morgan fingerprint density at radius 2 is 1.73 bits per heavy atom. The van der Waals surface area contributed by atoms with Gasteiger partial charge in [-0.25, -0.2) is 0 Å². The van der Waals surface area contributed by atoms with Gasteiger partial charge in [-0.1, -0.05) is 47.5 Å². The lowest BCUT2D eigenvalue weighted by atomic mass is 9.83. The standard InChI is InChI=1S/C22H21Cl2N3O3/c1-2-26-12-17(27-20(22(26)30)21(29)18(28)11-25-27)19(13-5-3-7-15(23)9-13)14-6-4-8-16(24)10-14/h3-11,17-19,28-29H,2,12H2,1H3. The van der Waals surface area contributed by atoms with E-state index in [1.54, 1.807) is 17.0 Å². The second kappa shape index (κ2) is 8.30. The van der Waals surface area contributed by atoms with Crippen molar-refractivity contribution in [3.63, 3.8) is 0 Å². The summed E-state index contributed by atoms with van der Waals surface area (Å²) in [4.78, 5) is 14.6. The van der Waals surface area contributed by atoms with Crippen molar-refractivity contribution in [2.24, 2.45) is 5.10 Å². The van der Waals surface area contributed by atoms with Gasteiger partial charge < -0.3 is 15.1 Å². The zero-order valence-corrected chi connectivity index (χ0v) is 17.8. The second-order valence-electron chi connectivity index (χ2n) is 7.29. The maximum atomic E-state index is 12.9. The number of hydrazone groups is 1. The summed E-state index contributed by atoms with van der Waals surface area (Å²) in [6, 6.07) is 14.7. The van der Waals surface area contributed by atoms with Gasteiger partial charge in [0.2, 0.25) is 0 Å². The highest BCUT2D eigenvalue weighted by molar-refractivity contribution is 6.31. The number of halogens is 2. The van der Waals surface area contributed by atoms with Crippen LogP contribution in [-0.2, 0) is 4.79 Å². The van der Waals surface area contributed by atoms with E-state index < -0.39 is 11.9 Å². The van der Waals surface area contributed by atoms with E-state index in [1.165, 1.54) is 11.2 Å². The maximum Gasteiger partial charge on any atom is 0.275 e. The molecule has 2 aromatic rings. The monoisotopic (exact) mass is 445 g/mol. The van der Waals surface area contributed by atoms with Crippen LogP contribution in [0.3, 0.4) is 0 Å². The van der Waals surface area contributed by atoms with Crippen LogP contribution in [0.1, 0.15) is 24.0 Å². The van der Waals surface area contributed by atoms with Crippen LogP contribution >= 0.6 is 23.2 Å². The van der Waals surface area contributed by atoms with Crippen molar-refractivity contribution in [3.8, 4) is 0 Å². The van der Waals surface area contributed by atoms with Crippen LogP contribution in [0.5, 0.6) is 0 Å². The molecule has 0 spiro atoms. The average molecular weight is 446 g/mol. The average Bonchev–Trinajstić information content (AvgIpc) is 2.72. The van der Waals surface area contributed by atoms with Crippen LogP contribution in [0, 0.1) is 0 Å². The number of amides is 1. The van der Waals surface area contributed by atoms with Crippen LogP contribution in [0.4, 0.5) is 0 Å². The molecule has 2 N–H and O–H groups in total. The largest absolute Gasteiger partial charge is 0.507 e. The molecule has 156 valence electrons. The molecule has 2 aliphatic rings. The van der Waals surface area contributed by atoms with E-state index in [2.05, 4.69) is 5.10 Å². The summed E-state index contributed by atoms with van der Waals surface area (Å²) < 4.78 is 0. The minimum Gasteiger partial charge on any atom is -0.507 e. The van der Waals surface area contributed by atoms with Crippen molar-refractivity contribution < 1.29 is 15.0 Å². The molecule has 2 atom stereocenters. The number of piperazine rings is 1. The minimum atomic E-state index is -1.31. The smallest absolute Gasteiger partial charge is 0.275 e. The molecular weight excluding hydrogens is 425 g/mol. The number of benzene rings is 2. The predicted molar refractivity (Wildman–Crippen MR) is 117 cm³/mol. The molecule has 0 bridgehead atoms. The van der Waals surface area contributed by atoms with Crippen LogP contribution in [0.2, 0.25) is 10.0 Å². The molecule has 2 aliphatic heterocycles. The molecule has 0 radical (unpaired) electrons. The lowest BCUT2D eigenvalue weighted by Crippen LogP contribution is -2.56. The van der Waals surface area contributed by atoms with Gasteiger partial charge in [0.25, 0.3) is 5.91 Å². The first-order valence-corrected chi connectivity index (χ1v) is 10.4. The SMILES string of the molecule is CCN1CC(C(c2cccc(Cl)c2)c2cccc(Cl)c2)N2N=CC(O)C(O)=C2C1=O. The van der Waals surface area contributed by atoms with Crippen molar-refractivity contribution >= 4 is 35.3 Å². The van der Waals surface area contributed by atoms with Crippen molar-refractivity contribution in [2.45, 2.75) is 25.0 Å². The zero-order valence-electron chi connectivity index (χ0n) is 16.2. The number of fused-ring (bicyclic) bond motifs is 1. The summed E-state index contributed by atoms with van der Waals surface area (Å²) in [7, 11) is 0. The van der Waals surface area contributed by atoms with E-state index in [9.17, 15) is 15.0 Å². The number of carbonyl (C=O) groups excluding carboxylic acids is 1. The van der Waals surface area contributed by atoms with Crippen LogP contribution in [-0.4, -0.2) is 57.5 Å². The maximum absolute atomic E-state index is 12.9. The molecule has 4 rings (SSSR count). The molecule has 0 aliphatic carbocycles. The molecule has 0 saturated carbocycles. The number of aliphatic hydroxyl groups is 2. The Hall–Kier alpha value is -2.54. The molecule has 2 unspecified atom stereocenters. The molecule has 2 heterocycles. The highest BCUT2D eigenvalue weighted by Crippen LogP contribution is 2.39. The first kappa shape index (κ1) is 20.7. The quantitative estimate of drug-likeness (QED) is 0.750. The number of likely N-dealkylation sites (N-methyl/N-ethyl adjacent to an activating group) is 1. The summed E-state index contributed by atoms with van der Waals surface area (Å²) in [6.07, 6.45) is -0.0817. The minimum absolute atomic E-state index is 0.00263. The first-order valence-electron chi connectivity index (χ1n) is 9.65. The summed E-state index contributed by atoms with van der Waals surface area (Å²) >= 11 is 12.6.